The van der Waals surface area contributed by atoms with E-state index >= 15 is 0 Å². The molecule has 2 unspecified atom stereocenters. The first kappa shape index (κ1) is 33.5. The Morgan fingerprint density at radius 1 is 0.725 bits per heavy atom. The third-order valence-electron chi connectivity index (χ3n) is 6.61. The van der Waals surface area contributed by atoms with Crippen LogP contribution in [-0.2, 0) is 20.1 Å². The van der Waals surface area contributed by atoms with Crippen molar-refractivity contribution in [2.45, 2.75) is 83.8 Å². The molecule has 0 aliphatic rings. The van der Waals surface area contributed by atoms with Crippen LogP contribution < -0.4 is 0 Å². The van der Waals surface area contributed by atoms with Gasteiger partial charge in [0.05, 0.1) is 23.6 Å². The van der Waals surface area contributed by atoms with Gasteiger partial charge in [-0.3, -0.25) is 4.98 Å². The number of aromatic nitrogens is 2. The van der Waals surface area contributed by atoms with Crippen molar-refractivity contribution in [1.82, 2.24) is 9.97 Å². The Hall–Kier alpha value is -2.69. The Bertz CT molecular complexity index is 1190. The van der Waals surface area contributed by atoms with Crippen LogP contribution in [0.1, 0.15) is 71.6 Å². The van der Waals surface area contributed by atoms with Crippen LogP contribution in [0.2, 0.25) is 0 Å². The maximum Gasteiger partial charge on any atom is 0.0873 e. The number of aliphatic hydroxyl groups excluding tert-OH is 2. The van der Waals surface area contributed by atoms with Gasteiger partial charge in [0.15, 0.2) is 0 Å². The minimum absolute atomic E-state index is 0. The van der Waals surface area contributed by atoms with Gasteiger partial charge in [-0.15, -0.1) is 35.9 Å². The summed E-state index contributed by atoms with van der Waals surface area (Å²) in [5, 5.41) is 18.6. The minimum Gasteiger partial charge on any atom is -0.393 e. The fourth-order valence-electron chi connectivity index (χ4n) is 4.52. The third kappa shape index (κ3) is 11.8. The molecule has 4 nitrogen and oxygen atoms in total. The zero-order chi connectivity index (χ0) is 27.7. The van der Waals surface area contributed by atoms with Crippen LogP contribution >= 0.6 is 0 Å². The molecule has 2 atom stereocenters. The molecule has 0 fully saturated rings. The van der Waals surface area contributed by atoms with Crippen molar-refractivity contribution in [1.29, 1.82) is 0 Å². The summed E-state index contributed by atoms with van der Waals surface area (Å²) in [5.74, 6) is 0. The SMILES string of the molecule is CCCCCCCCCC(O)CC(C)O.[Ir].[c-]1ccccc1-c1ncc(-c2ccccc2)nc1-c1ccccc1. The summed E-state index contributed by atoms with van der Waals surface area (Å²) in [6, 6.07) is 31.4. The minimum atomic E-state index is -0.371. The fourth-order valence-corrected chi connectivity index (χ4v) is 4.52. The second kappa shape index (κ2) is 19.4. The van der Waals surface area contributed by atoms with Crippen LogP contribution in [0.5, 0.6) is 0 Å². The monoisotopic (exact) mass is 716 g/mol. The van der Waals surface area contributed by atoms with Gasteiger partial charge in [0.2, 0.25) is 0 Å². The maximum absolute atomic E-state index is 9.50. The van der Waals surface area contributed by atoms with Gasteiger partial charge in [0, 0.05) is 37.6 Å². The summed E-state index contributed by atoms with van der Waals surface area (Å²) in [4.78, 5) is 9.61. The van der Waals surface area contributed by atoms with Gasteiger partial charge in [-0.05, 0) is 25.3 Å². The van der Waals surface area contributed by atoms with Crippen molar-refractivity contribution in [2.75, 3.05) is 0 Å². The Morgan fingerprint density at radius 3 is 1.93 bits per heavy atom. The molecular weight excluding hydrogens is 673 g/mol. The van der Waals surface area contributed by atoms with E-state index in [1.807, 2.05) is 79.0 Å². The van der Waals surface area contributed by atoms with Gasteiger partial charge in [0.25, 0.3) is 0 Å². The number of unbranched alkanes of at least 4 members (excludes halogenated alkanes) is 6. The van der Waals surface area contributed by atoms with Gasteiger partial charge < -0.3 is 15.2 Å². The quantitative estimate of drug-likeness (QED) is 0.108. The second-order valence-electron chi connectivity index (χ2n) is 10.1. The summed E-state index contributed by atoms with van der Waals surface area (Å²) < 4.78 is 0. The predicted octanol–water partition coefficient (Wildman–Crippen LogP) is 8.53. The number of rotatable bonds is 13. The number of hydrogen-bond donors (Lipinski definition) is 2. The molecule has 2 N–H and O–H groups in total. The van der Waals surface area contributed by atoms with Crippen LogP contribution in [0.15, 0.2) is 91.1 Å². The molecule has 0 amide bonds. The van der Waals surface area contributed by atoms with E-state index in [0.29, 0.717) is 6.42 Å². The Labute approximate surface area is 254 Å². The predicted molar refractivity (Wildman–Crippen MR) is 162 cm³/mol. The molecule has 0 saturated carbocycles. The Morgan fingerprint density at radius 2 is 1.32 bits per heavy atom. The van der Waals surface area contributed by atoms with E-state index < -0.39 is 0 Å². The Balaban J connectivity index is 0.000000307. The molecule has 3 aromatic carbocycles. The normalized spacial score (nSPS) is 12.0. The maximum atomic E-state index is 9.50. The number of benzene rings is 3. The fraction of sp³-hybridized carbons (Fsp3) is 0.371. The standard InChI is InChI=1S/C22H15N2.C13H28O2.Ir/c1-4-10-17(11-5-1)20-16-23-21(18-12-6-2-7-13-18)22(24-20)19-14-8-3-9-15-19;1-3-4-5-6-7-8-9-10-13(15)11-12(2)14;/h1-12,14-16H;12-15H,3-11H2,1-2H3;/q-1;;. The first-order chi connectivity index (χ1) is 19.1. The van der Waals surface area contributed by atoms with Crippen LogP contribution in [-0.4, -0.2) is 32.4 Å². The molecule has 5 heteroatoms. The van der Waals surface area contributed by atoms with Crippen molar-refractivity contribution in [3.05, 3.63) is 97.2 Å². The van der Waals surface area contributed by atoms with Crippen LogP contribution in [0, 0.1) is 6.07 Å². The van der Waals surface area contributed by atoms with E-state index in [1.54, 1.807) is 6.92 Å². The second-order valence-corrected chi connectivity index (χ2v) is 10.1. The Kier molecular flexibility index (Phi) is 16.3. The smallest absolute Gasteiger partial charge is 0.0873 e. The summed E-state index contributed by atoms with van der Waals surface area (Å²) in [6.07, 6.45) is 11.5. The van der Waals surface area contributed by atoms with Gasteiger partial charge >= 0.3 is 0 Å². The molecule has 0 bridgehead atoms. The van der Waals surface area contributed by atoms with Gasteiger partial charge in [-0.2, -0.15) is 0 Å². The van der Waals surface area contributed by atoms with Crippen molar-refractivity contribution in [2.24, 2.45) is 0 Å². The largest absolute Gasteiger partial charge is 0.393 e. The summed E-state index contributed by atoms with van der Waals surface area (Å²) >= 11 is 0. The molecule has 1 aromatic heterocycles. The first-order valence-corrected chi connectivity index (χ1v) is 14.4. The molecule has 4 aromatic rings. The van der Waals surface area contributed by atoms with Gasteiger partial charge in [-0.1, -0.05) is 113 Å². The molecule has 0 aliphatic carbocycles. The number of nitrogens with zero attached hydrogens (tertiary/aromatic N) is 2. The molecule has 215 valence electrons. The molecule has 40 heavy (non-hydrogen) atoms. The summed E-state index contributed by atoms with van der Waals surface area (Å²) in [5.41, 5.74) is 5.65. The van der Waals surface area contributed by atoms with E-state index in [1.165, 1.54) is 38.5 Å². The molecular formula is C35H43IrN2O2-. The molecule has 0 aliphatic heterocycles. The topological polar surface area (TPSA) is 66.2 Å². The summed E-state index contributed by atoms with van der Waals surface area (Å²) in [6.45, 7) is 3.96. The average molecular weight is 716 g/mol. The van der Waals surface area contributed by atoms with E-state index in [-0.39, 0.29) is 32.3 Å². The molecule has 1 radical (unpaired) electrons. The van der Waals surface area contributed by atoms with E-state index in [0.717, 1.165) is 46.6 Å². The number of aliphatic hydroxyl groups is 2. The third-order valence-corrected chi connectivity index (χ3v) is 6.61. The van der Waals surface area contributed by atoms with Gasteiger partial charge in [-0.25, -0.2) is 0 Å². The zero-order valence-electron chi connectivity index (χ0n) is 23.8. The van der Waals surface area contributed by atoms with Crippen LogP contribution in [0.4, 0.5) is 0 Å². The summed E-state index contributed by atoms with van der Waals surface area (Å²) in [7, 11) is 0. The van der Waals surface area contributed by atoms with Crippen molar-refractivity contribution in [3.63, 3.8) is 0 Å². The van der Waals surface area contributed by atoms with Crippen LogP contribution in [0.3, 0.4) is 0 Å². The van der Waals surface area contributed by atoms with Crippen molar-refractivity contribution >= 4 is 0 Å². The van der Waals surface area contributed by atoms with Gasteiger partial charge in [0.1, 0.15) is 0 Å². The number of hydrogen-bond acceptors (Lipinski definition) is 4. The van der Waals surface area contributed by atoms with Crippen molar-refractivity contribution < 1.29 is 30.3 Å². The molecule has 0 spiro atoms. The molecule has 0 saturated heterocycles. The van der Waals surface area contributed by atoms with E-state index in [9.17, 15) is 5.11 Å². The van der Waals surface area contributed by atoms with Crippen molar-refractivity contribution in [3.8, 4) is 33.8 Å². The van der Waals surface area contributed by atoms with E-state index in [4.69, 9.17) is 15.1 Å². The van der Waals surface area contributed by atoms with Crippen LogP contribution in [0.25, 0.3) is 33.8 Å². The average Bonchev–Trinajstić information content (AvgIpc) is 2.98. The molecule has 4 rings (SSSR count). The molecule has 1 heterocycles. The van der Waals surface area contributed by atoms with E-state index in [2.05, 4.69) is 25.1 Å². The first-order valence-electron chi connectivity index (χ1n) is 14.4. The zero-order valence-corrected chi connectivity index (χ0v) is 26.2.